The summed E-state index contributed by atoms with van der Waals surface area (Å²) in [7, 11) is 0. The predicted octanol–water partition coefficient (Wildman–Crippen LogP) is 0.0530. The summed E-state index contributed by atoms with van der Waals surface area (Å²) in [5.41, 5.74) is -6.22. The number of carbonyl (C=O) groups is 5. The normalized spacial score (nSPS) is 59.6. The van der Waals surface area contributed by atoms with E-state index in [4.69, 9.17) is 28.4 Å². The molecule has 1 spiro atoms. The van der Waals surface area contributed by atoms with Crippen LogP contribution >= 0.6 is 0 Å². The Balaban J connectivity index is 1.38. The van der Waals surface area contributed by atoms with Gasteiger partial charge in [0, 0.05) is 61.2 Å². The Bertz CT molecular complexity index is 1540. The van der Waals surface area contributed by atoms with Crippen LogP contribution in [-0.2, 0) is 52.4 Å². The molecule has 0 amide bonds. The topological polar surface area (TPSA) is 208 Å². The van der Waals surface area contributed by atoms with Gasteiger partial charge in [0.1, 0.15) is 36.6 Å². The first-order valence-electron chi connectivity index (χ1n) is 16.9. The minimum Gasteiger partial charge on any atom is -0.459 e. The molecule has 0 aromatic heterocycles. The van der Waals surface area contributed by atoms with Crippen LogP contribution in [0.4, 0.5) is 0 Å². The van der Waals surface area contributed by atoms with E-state index in [-0.39, 0.29) is 12.5 Å². The number of ether oxygens (including phenoxy) is 6. The highest BCUT2D eigenvalue weighted by Gasteiger charge is 2.93. The van der Waals surface area contributed by atoms with Gasteiger partial charge in [-0.25, -0.2) is 4.79 Å². The van der Waals surface area contributed by atoms with Crippen LogP contribution in [0.5, 0.6) is 0 Å². The van der Waals surface area contributed by atoms with Crippen molar-refractivity contribution in [3.8, 4) is 0 Å². The third kappa shape index (κ3) is 3.39. The van der Waals surface area contributed by atoms with E-state index in [9.17, 15) is 39.3 Å². The van der Waals surface area contributed by atoms with E-state index in [2.05, 4.69) is 0 Å². The first-order valence-corrected chi connectivity index (χ1v) is 16.9. The first-order chi connectivity index (χ1) is 22.2. The maximum Gasteiger partial charge on any atom is 0.341 e. The van der Waals surface area contributed by atoms with Crippen molar-refractivity contribution in [1.82, 2.24) is 0 Å². The van der Waals surface area contributed by atoms with Gasteiger partial charge in [-0.1, -0.05) is 20.8 Å². The van der Waals surface area contributed by atoms with Gasteiger partial charge in [0.25, 0.3) is 0 Å². The SMILES string of the molecule is CC(=O)O[C@H]1[C@H]2[C@@H](C(=O)[C@H](O)C3C[C@@H]4O[C@@H]4[C@H](OC(C)=O)[C@@]32C)[C@@H]2[C@@H](O)[C@@H]3[C@H]([C@H](C)[C@@H]4O[C@@]45OC(=O)[C@@](C)(O)[C@]35C)[C@@]2(C)[C@H]1OC(C)=O. The molecule has 14 heteroatoms. The zero-order chi connectivity index (χ0) is 35.0. The quantitative estimate of drug-likeness (QED) is 0.205. The van der Waals surface area contributed by atoms with E-state index in [0.29, 0.717) is 0 Å². The smallest absolute Gasteiger partial charge is 0.341 e. The summed E-state index contributed by atoms with van der Waals surface area (Å²) in [6.07, 6.45) is -7.76. The number of hydrogen-bond donors (Lipinski definition) is 3. The van der Waals surface area contributed by atoms with Gasteiger partial charge >= 0.3 is 23.9 Å². The lowest BCUT2D eigenvalue weighted by molar-refractivity contribution is -0.267. The largest absolute Gasteiger partial charge is 0.459 e. The molecule has 8 rings (SSSR count). The average Bonchev–Trinajstić information content (AvgIpc) is 3.88. The maximum atomic E-state index is 14.7. The van der Waals surface area contributed by atoms with Crippen molar-refractivity contribution in [2.45, 2.75) is 122 Å². The molecule has 264 valence electrons. The van der Waals surface area contributed by atoms with Crippen LogP contribution in [-0.4, -0.2) is 105 Å². The van der Waals surface area contributed by atoms with E-state index in [1.54, 1.807) is 20.8 Å². The van der Waals surface area contributed by atoms with Gasteiger partial charge in [0.2, 0.25) is 5.79 Å². The third-order valence-corrected chi connectivity index (χ3v) is 14.7. The molecule has 14 nitrogen and oxygen atoms in total. The van der Waals surface area contributed by atoms with Crippen molar-refractivity contribution in [2.75, 3.05) is 0 Å². The molecule has 5 saturated carbocycles. The van der Waals surface area contributed by atoms with Crippen molar-refractivity contribution >= 4 is 29.7 Å². The average molecular weight is 677 g/mol. The van der Waals surface area contributed by atoms with Crippen molar-refractivity contribution < 1.29 is 67.7 Å². The maximum absolute atomic E-state index is 14.7. The fraction of sp³-hybridized carbons (Fsp3) is 0.853. The third-order valence-electron chi connectivity index (χ3n) is 14.7. The highest BCUT2D eigenvalue weighted by molar-refractivity contribution is 5.89. The molecule has 3 heterocycles. The van der Waals surface area contributed by atoms with Crippen LogP contribution in [0, 0.1) is 57.7 Å². The van der Waals surface area contributed by atoms with Crippen molar-refractivity contribution in [3.05, 3.63) is 0 Å². The molecule has 0 bridgehead atoms. The fourth-order valence-corrected chi connectivity index (χ4v) is 12.9. The number of aliphatic hydroxyl groups excluding tert-OH is 2. The Morgan fingerprint density at radius 2 is 1.44 bits per heavy atom. The molecule has 3 saturated heterocycles. The summed E-state index contributed by atoms with van der Waals surface area (Å²) in [6.45, 7) is 12.1. The number of hydrogen-bond acceptors (Lipinski definition) is 14. The molecule has 20 atom stereocenters. The summed E-state index contributed by atoms with van der Waals surface area (Å²) in [5, 5.41) is 36.5. The number of fused-ring (bicyclic) bond motifs is 9. The van der Waals surface area contributed by atoms with E-state index in [1.807, 2.05) is 6.92 Å². The molecule has 0 radical (unpaired) electrons. The summed E-state index contributed by atoms with van der Waals surface area (Å²) in [5.74, 6) is -11.1. The molecule has 8 aliphatic rings. The number of ketones is 1. The lowest BCUT2D eigenvalue weighted by atomic mass is 9.41. The molecule has 48 heavy (non-hydrogen) atoms. The van der Waals surface area contributed by atoms with E-state index in [1.165, 1.54) is 27.7 Å². The second-order valence-corrected chi connectivity index (χ2v) is 16.5. The highest BCUT2D eigenvalue weighted by Crippen LogP contribution is 2.80. The Morgan fingerprint density at radius 1 is 0.833 bits per heavy atom. The van der Waals surface area contributed by atoms with Gasteiger partial charge < -0.3 is 43.7 Å². The summed E-state index contributed by atoms with van der Waals surface area (Å²) in [6, 6.07) is 0. The van der Waals surface area contributed by atoms with Gasteiger partial charge in [-0.3, -0.25) is 19.2 Å². The van der Waals surface area contributed by atoms with Crippen LogP contribution in [0.25, 0.3) is 0 Å². The number of epoxide rings is 2. The van der Waals surface area contributed by atoms with E-state index >= 15 is 0 Å². The fourth-order valence-electron chi connectivity index (χ4n) is 12.9. The molecule has 8 fully saturated rings. The lowest BCUT2D eigenvalue weighted by Gasteiger charge is -2.65. The second kappa shape index (κ2) is 9.36. The highest BCUT2D eigenvalue weighted by atomic mass is 16.8. The molecule has 3 aliphatic heterocycles. The van der Waals surface area contributed by atoms with Gasteiger partial charge in [-0.15, -0.1) is 0 Å². The summed E-state index contributed by atoms with van der Waals surface area (Å²) >= 11 is 0. The predicted molar refractivity (Wildman–Crippen MR) is 156 cm³/mol. The van der Waals surface area contributed by atoms with Crippen LogP contribution < -0.4 is 0 Å². The Morgan fingerprint density at radius 3 is 2.04 bits per heavy atom. The summed E-state index contributed by atoms with van der Waals surface area (Å²) < 4.78 is 36.1. The van der Waals surface area contributed by atoms with E-state index in [0.717, 1.165) is 0 Å². The Kier molecular flexibility index (Phi) is 6.35. The van der Waals surface area contributed by atoms with Crippen molar-refractivity contribution in [3.63, 3.8) is 0 Å². The molecule has 5 aliphatic carbocycles. The summed E-state index contributed by atoms with van der Waals surface area (Å²) in [4.78, 5) is 66.5. The van der Waals surface area contributed by atoms with Crippen LogP contribution in [0.1, 0.15) is 61.8 Å². The number of rotatable bonds is 3. The minimum atomic E-state index is -2.11. The first kappa shape index (κ1) is 32.5. The number of aliphatic hydroxyl groups is 3. The Hall–Kier alpha value is -2.65. The van der Waals surface area contributed by atoms with Gasteiger partial charge in [-0.05, 0) is 32.1 Å². The zero-order valence-electron chi connectivity index (χ0n) is 28.2. The van der Waals surface area contributed by atoms with Gasteiger partial charge in [0.05, 0.1) is 17.6 Å². The monoisotopic (exact) mass is 676 g/mol. The molecule has 1 unspecified atom stereocenters. The minimum absolute atomic E-state index is 0.273. The molecule has 0 aromatic carbocycles. The Labute approximate surface area is 277 Å². The molecule has 3 N–H and O–H groups in total. The van der Waals surface area contributed by atoms with Crippen LogP contribution in [0.2, 0.25) is 0 Å². The van der Waals surface area contributed by atoms with Crippen molar-refractivity contribution in [1.29, 1.82) is 0 Å². The number of carbonyl (C=O) groups excluding carboxylic acids is 5. The van der Waals surface area contributed by atoms with Crippen molar-refractivity contribution in [2.24, 2.45) is 57.7 Å². The lowest BCUT2D eigenvalue weighted by Crippen LogP contribution is -2.74. The zero-order valence-corrected chi connectivity index (χ0v) is 28.2. The number of esters is 4. The van der Waals surface area contributed by atoms with Gasteiger partial charge in [0.15, 0.2) is 11.4 Å². The standard InChI is InChI=1S/C34H44O14/c1-10-17-20(32(7)33(8,42)29(41)48-34(32)26(10)47-34)23(40)18-16-19(25(43-11(2)35)28(31(17,18)6)45-13(4)37)30(5)14(21(38)22(16)39)9-15-24(46-15)27(30)44-12(3)36/h10,14-21,23-28,38,40,42H,9H2,1-8H3/t10-,14?,15-,16-,17-,18+,19+,20-,21+,23+,24-,25-,26-,27-,28-,30-,31+,32-,33+,34+/m0/s1. The van der Waals surface area contributed by atoms with Crippen LogP contribution in [0.3, 0.4) is 0 Å². The van der Waals surface area contributed by atoms with Gasteiger partial charge in [-0.2, -0.15) is 0 Å². The second-order valence-electron chi connectivity index (χ2n) is 16.5. The molecular formula is C34H44O14. The molecule has 0 aromatic rings. The van der Waals surface area contributed by atoms with E-state index < -0.39 is 141 Å². The molecular weight excluding hydrogens is 632 g/mol. The number of Topliss-reactive ketones (excluding diaryl/α,β-unsaturated/α-hetero) is 1. The van der Waals surface area contributed by atoms with Crippen LogP contribution in [0.15, 0.2) is 0 Å².